The van der Waals surface area contributed by atoms with Gasteiger partial charge in [0.25, 0.3) is 0 Å². The van der Waals surface area contributed by atoms with Crippen molar-refractivity contribution >= 4 is 23.5 Å². The van der Waals surface area contributed by atoms with Gasteiger partial charge in [0.1, 0.15) is 0 Å². The molecule has 0 heterocycles. The number of allylic oxidation sites excluding steroid dienone is 2. The van der Waals surface area contributed by atoms with Gasteiger partial charge in [0, 0.05) is 18.2 Å². The smallest absolute Gasteiger partial charge is 0.157 e. The largest absolute Gasteiger partial charge is 0.548 e. The molecule has 1 atom stereocenters. The number of hydrogen-bond donors (Lipinski definition) is 1. The molecule has 0 aromatic rings. The fourth-order valence-electron chi connectivity index (χ4n) is 2.26. The number of aliphatic carboxylic acids is 1. The summed E-state index contributed by atoms with van der Waals surface area (Å²) < 4.78 is 0. The second-order valence-electron chi connectivity index (χ2n) is 5.66. The zero-order valence-corrected chi connectivity index (χ0v) is 12.6. The van der Waals surface area contributed by atoms with E-state index < -0.39 is 12.0 Å². The number of ketones is 1. The average molecular weight is 284 g/mol. The molecule has 5 heteroatoms. The number of carboxylic acids is 1. The van der Waals surface area contributed by atoms with Crippen LogP contribution < -0.4 is 10.4 Å². The Balaban J connectivity index is 2.63. The summed E-state index contributed by atoms with van der Waals surface area (Å²) in [4.78, 5) is 22.7. The van der Waals surface area contributed by atoms with E-state index in [4.69, 9.17) is 0 Å². The summed E-state index contributed by atoms with van der Waals surface area (Å²) in [5, 5.41) is 14.1. The maximum atomic E-state index is 11.6. The van der Waals surface area contributed by atoms with Gasteiger partial charge in [-0.05, 0) is 29.8 Å². The van der Waals surface area contributed by atoms with Crippen molar-refractivity contribution in [3.63, 3.8) is 0 Å². The summed E-state index contributed by atoms with van der Waals surface area (Å²) in [5.41, 5.74) is 0.611. The van der Waals surface area contributed by atoms with Gasteiger partial charge in [-0.1, -0.05) is 20.8 Å². The minimum atomic E-state index is -1.10. The first-order valence-corrected chi connectivity index (χ1v) is 7.78. The Morgan fingerprint density at radius 2 is 2.21 bits per heavy atom. The summed E-state index contributed by atoms with van der Waals surface area (Å²) in [6.45, 7) is 6.07. The number of carboxylic acid groups (broad SMARTS) is 1. The molecule has 108 valence electrons. The maximum Gasteiger partial charge on any atom is 0.157 e. The second kappa shape index (κ2) is 6.98. The number of hydrogen-bond acceptors (Lipinski definition) is 5. The Morgan fingerprint density at radius 3 is 2.74 bits per heavy atom. The normalized spacial score (nSPS) is 19.7. The lowest BCUT2D eigenvalue weighted by atomic mass is 9.79. The Hall–Kier alpha value is -0.970. The molecule has 0 aromatic carbocycles. The average Bonchev–Trinajstić information content (AvgIpc) is 2.24. The second-order valence-corrected chi connectivity index (χ2v) is 7.05. The van der Waals surface area contributed by atoms with Crippen molar-refractivity contribution in [1.29, 1.82) is 0 Å². The molecule has 1 N–H and O–H groups in total. The molecule has 0 spiro atoms. The van der Waals surface area contributed by atoms with Crippen LogP contribution in [0.25, 0.3) is 0 Å². The minimum Gasteiger partial charge on any atom is -0.548 e. The third-order valence-electron chi connectivity index (χ3n) is 3.06. The third-order valence-corrected chi connectivity index (χ3v) is 3.99. The van der Waals surface area contributed by atoms with Gasteiger partial charge < -0.3 is 15.2 Å². The Labute approximate surface area is 119 Å². The van der Waals surface area contributed by atoms with Crippen LogP contribution in [0.3, 0.4) is 0 Å². The Kier molecular flexibility index (Phi) is 5.91. The minimum absolute atomic E-state index is 0.0544. The molecule has 0 aliphatic heterocycles. The highest BCUT2D eigenvalue weighted by atomic mass is 32.2. The molecule has 1 aliphatic rings. The number of rotatable bonds is 7. The fraction of sp³-hybridized carbons (Fsp3) is 0.714. The SMILES string of the molecule is CCSCCC(NC1=CC(=O)CC(C)(C)C1)C(=O)[O-]. The summed E-state index contributed by atoms with van der Waals surface area (Å²) in [6, 6.07) is -0.716. The number of nitrogens with one attached hydrogen (secondary N) is 1. The number of carbonyl (C=O) groups excluding carboxylic acids is 2. The molecule has 0 saturated heterocycles. The molecule has 1 aliphatic carbocycles. The van der Waals surface area contributed by atoms with E-state index in [0.29, 0.717) is 19.3 Å². The molecule has 1 unspecified atom stereocenters. The van der Waals surface area contributed by atoms with Crippen LogP contribution >= 0.6 is 11.8 Å². The van der Waals surface area contributed by atoms with Crippen molar-refractivity contribution in [1.82, 2.24) is 5.32 Å². The van der Waals surface area contributed by atoms with Gasteiger partial charge >= 0.3 is 0 Å². The first-order chi connectivity index (χ1) is 8.84. The number of thioether (sulfide) groups is 1. The van der Waals surface area contributed by atoms with Crippen LogP contribution in [-0.2, 0) is 9.59 Å². The van der Waals surface area contributed by atoms with E-state index in [-0.39, 0.29) is 11.2 Å². The monoisotopic (exact) mass is 284 g/mol. The molecule has 0 amide bonds. The Morgan fingerprint density at radius 1 is 1.53 bits per heavy atom. The summed E-state index contributed by atoms with van der Waals surface area (Å²) >= 11 is 1.70. The van der Waals surface area contributed by atoms with E-state index in [1.165, 1.54) is 6.08 Å². The predicted molar refractivity (Wildman–Crippen MR) is 75.7 cm³/mol. The van der Waals surface area contributed by atoms with Crippen LogP contribution in [0.4, 0.5) is 0 Å². The van der Waals surface area contributed by atoms with Gasteiger partial charge in [0.15, 0.2) is 5.78 Å². The van der Waals surface area contributed by atoms with Crippen molar-refractivity contribution in [3.8, 4) is 0 Å². The molecule has 19 heavy (non-hydrogen) atoms. The lowest BCUT2D eigenvalue weighted by molar-refractivity contribution is -0.308. The molecule has 0 fully saturated rings. The molecular formula is C14H22NO3S-. The van der Waals surface area contributed by atoms with Crippen molar-refractivity contribution in [2.24, 2.45) is 5.41 Å². The van der Waals surface area contributed by atoms with E-state index in [2.05, 4.69) is 5.32 Å². The van der Waals surface area contributed by atoms with Crippen LogP contribution in [0.15, 0.2) is 11.8 Å². The van der Waals surface area contributed by atoms with Crippen molar-refractivity contribution < 1.29 is 14.7 Å². The summed E-state index contributed by atoms with van der Waals surface area (Å²) in [5.74, 6) is 0.688. The first kappa shape index (κ1) is 16.1. The number of carbonyl (C=O) groups is 2. The first-order valence-electron chi connectivity index (χ1n) is 6.62. The Bertz CT molecular complexity index is 377. The van der Waals surface area contributed by atoms with E-state index >= 15 is 0 Å². The molecule has 0 saturated carbocycles. The molecule has 0 aromatic heterocycles. The summed E-state index contributed by atoms with van der Waals surface area (Å²) in [6.07, 6.45) is 3.25. The van der Waals surface area contributed by atoms with Gasteiger partial charge in [-0.2, -0.15) is 11.8 Å². The third kappa shape index (κ3) is 5.68. The van der Waals surface area contributed by atoms with Gasteiger partial charge in [-0.3, -0.25) is 4.79 Å². The van der Waals surface area contributed by atoms with Crippen molar-refractivity contribution in [3.05, 3.63) is 11.8 Å². The molecule has 4 nitrogen and oxygen atoms in total. The van der Waals surface area contributed by atoms with Gasteiger partial charge in [0.05, 0.1) is 12.0 Å². The van der Waals surface area contributed by atoms with Crippen LogP contribution in [0, 0.1) is 5.41 Å². The van der Waals surface area contributed by atoms with Gasteiger partial charge in [-0.25, -0.2) is 0 Å². The predicted octanol–water partition coefficient (Wildman–Crippen LogP) is 1.11. The van der Waals surface area contributed by atoms with E-state index in [9.17, 15) is 14.7 Å². The molecule has 0 bridgehead atoms. The van der Waals surface area contributed by atoms with Crippen LogP contribution in [-0.4, -0.2) is 29.3 Å². The standard InChI is InChI=1S/C14H23NO3S/c1-4-19-6-5-12(13(17)18)15-10-7-11(16)9-14(2,3)8-10/h7,12,15H,4-6,8-9H2,1-3H3,(H,17,18)/p-1. The molecule has 1 rings (SSSR count). The van der Waals surface area contributed by atoms with Gasteiger partial charge in [-0.15, -0.1) is 0 Å². The van der Waals surface area contributed by atoms with Gasteiger partial charge in [0.2, 0.25) is 0 Å². The van der Waals surface area contributed by atoms with Crippen LogP contribution in [0.1, 0.15) is 40.0 Å². The molecular weight excluding hydrogens is 262 g/mol. The highest BCUT2D eigenvalue weighted by molar-refractivity contribution is 7.99. The lowest BCUT2D eigenvalue weighted by Gasteiger charge is -2.32. The topological polar surface area (TPSA) is 69.2 Å². The maximum absolute atomic E-state index is 11.6. The zero-order chi connectivity index (χ0) is 14.5. The van der Waals surface area contributed by atoms with Crippen molar-refractivity contribution in [2.75, 3.05) is 11.5 Å². The summed E-state index contributed by atoms with van der Waals surface area (Å²) in [7, 11) is 0. The van der Waals surface area contributed by atoms with Crippen LogP contribution in [0.5, 0.6) is 0 Å². The van der Waals surface area contributed by atoms with E-state index in [1.54, 1.807) is 11.8 Å². The van der Waals surface area contributed by atoms with E-state index in [1.807, 2.05) is 20.8 Å². The quantitative estimate of drug-likeness (QED) is 0.709. The highest BCUT2D eigenvalue weighted by Crippen LogP contribution is 2.32. The van der Waals surface area contributed by atoms with Crippen molar-refractivity contribution in [2.45, 2.75) is 46.1 Å². The highest BCUT2D eigenvalue weighted by Gasteiger charge is 2.28. The van der Waals surface area contributed by atoms with E-state index in [0.717, 1.165) is 17.2 Å². The lowest BCUT2D eigenvalue weighted by Crippen LogP contribution is -2.46. The molecule has 0 radical (unpaired) electrons. The zero-order valence-electron chi connectivity index (χ0n) is 11.8. The van der Waals surface area contributed by atoms with Crippen LogP contribution in [0.2, 0.25) is 0 Å². The fourth-order valence-corrected chi connectivity index (χ4v) is 2.95.